The van der Waals surface area contributed by atoms with Crippen LogP contribution in [0.2, 0.25) is 0 Å². The summed E-state index contributed by atoms with van der Waals surface area (Å²) in [6.45, 7) is -0.0350. The first-order valence-corrected chi connectivity index (χ1v) is 5.29. The van der Waals surface area contributed by atoms with Gasteiger partial charge in [0.15, 0.2) is 5.78 Å². The highest BCUT2D eigenvalue weighted by molar-refractivity contribution is 5.96. The van der Waals surface area contributed by atoms with Crippen molar-refractivity contribution in [2.24, 2.45) is 0 Å². The molecule has 0 aliphatic rings. The second kappa shape index (κ2) is 5.10. The Hall–Kier alpha value is -3.01. The number of Topliss-reactive ketones (excluding diaryl/α,β-unsaturated/α-hetero) is 1. The standard InChI is InChI=1S/C12H8N4O3/c13-5-9-1-3-10(4-2-9)11(17)6-15-7-12(14-8-15)16(18)19/h1-4,7-8H,6H2. The van der Waals surface area contributed by atoms with E-state index in [1.807, 2.05) is 6.07 Å². The van der Waals surface area contributed by atoms with Crippen LogP contribution >= 0.6 is 0 Å². The number of hydrogen-bond donors (Lipinski definition) is 0. The van der Waals surface area contributed by atoms with Crippen molar-refractivity contribution in [1.82, 2.24) is 9.55 Å². The Bertz CT molecular complexity index is 667. The highest BCUT2D eigenvalue weighted by Gasteiger charge is 2.13. The van der Waals surface area contributed by atoms with Crippen LogP contribution in [0.5, 0.6) is 0 Å². The molecule has 0 unspecified atom stereocenters. The van der Waals surface area contributed by atoms with E-state index in [9.17, 15) is 14.9 Å². The molecule has 94 valence electrons. The number of imidazole rings is 1. The van der Waals surface area contributed by atoms with Crippen LogP contribution in [0.25, 0.3) is 0 Å². The van der Waals surface area contributed by atoms with Crippen LogP contribution in [0.4, 0.5) is 5.82 Å². The van der Waals surface area contributed by atoms with Crippen molar-refractivity contribution in [3.05, 3.63) is 58.0 Å². The Labute approximate surface area is 107 Å². The molecule has 0 radical (unpaired) electrons. The molecule has 1 heterocycles. The second-order valence-corrected chi connectivity index (χ2v) is 3.77. The summed E-state index contributed by atoms with van der Waals surface area (Å²) in [5.74, 6) is -0.510. The van der Waals surface area contributed by atoms with Crippen LogP contribution in [0.1, 0.15) is 15.9 Å². The average molecular weight is 256 g/mol. The number of nitriles is 1. The van der Waals surface area contributed by atoms with E-state index < -0.39 is 4.92 Å². The highest BCUT2D eigenvalue weighted by Crippen LogP contribution is 2.09. The monoisotopic (exact) mass is 256 g/mol. The molecule has 7 nitrogen and oxygen atoms in total. The number of benzene rings is 1. The van der Waals surface area contributed by atoms with Crippen molar-refractivity contribution in [2.45, 2.75) is 6.54 Å². The zero-order chi connectivity index (χ0) is 13.8. The van der Waals surface area contributed by atoms with Gasteiger partial charge in [0.05, 0.1) is 18.2 Å². The molecule has 19 heavy (non-hydrogen) atoms. The second-order valence-electron chi connectivity index (χ2n) is 3.77. The summed E-state index contributed by atoms with van der Waals surface area (Å²) < 4.78 is 1.35. The van der Waals surface area contributed by atoms with Crippen molar-refractivity contribution in [1.29, 1.82) is 5.26 Å². The molecule has 0 saturated carbocycles. The fraction of sp³-hybridized carbons (Fsp3) is 0.0833. The van der Waals surface area contributed by atoms with Crippen molar-refractivity contribution in [2.75, 3.05) is 0 Å². The summed E-state index contributed by atoms with van der Waals surface area (Å²) in [6, 6.07) is 8.14. The number of hydrogen-bond acceptors (Lipinski definition) is 5. The van der Waals surface area contributed by atoms with Crippen LogP contribution in [-0.4, -0.2) is 20.3 Å². The maximum atomic E-state index is 11.9. The van der Waals surface area contributed by atoms with Crippen LogP contribution in [0.3, 0.4) is 0 Å². The Balaban J connectivity index is 2.11. The number of nitro groups is 1. The number of nitrogens with zero attached hydrogens (tertiary/aromatic N) is 4. The molecule has 0 amide bonds. The van der Waals surface area contributed by atoms with Crippen molar-refractivity contribution in [3.63, 3.8) is 0 Å². The first-order valence-electron chi connectivity index (χ1n) is 5.29. The highest BCUT2D eigenvalue weighted by atomic mass is 16.6. The minimum Gasteiger partial charge on any atom is -0.358 e. The molecule has 7 heteroatoms. The number of carbonyl (C=O) groups is 1. The van der Waals surface area contributed by atoms with Crippen LogP contribution in [-0.2, 0) is 6.54 Å². The molecule has 0 aliphatic carbocycles. The van der Waals surface area contributed by atoms with E-state index >= 15 is 0 Å². The van der Waals surface area contributed by atoms with Gasteiger partial charge in [-0.25, -0.2) is 0 Å². The van der Waals surface area contributed by atoms with E-state index in [0.717, 1.165) is 0 Å². The van der Waals surface area contributed by atoms with Gasteiger partial charge in [-0.05, 0) is 22.0 Å². The third-order valence-corrected chi connectivity index (χ3v) is 2.47. The van der Waals surface area contributed by atoms with Gasteiger partial charge in [-0.1, -0.05) is 12.1 Å². The Morgan fingerprint density at radius 1 is 1.42 bits per heavy atom. The smallest absolute Gasteiger partial charge is 0.358 e. The Morgan fingerprint density at radius 2 is 2.11 bits per heavy atom. The normalized spacial score (nSPS) is 9.84. The van der Waals surface area contributed by atoms with Gasteiger partial charge in [-0.3, -0.25) is 4.79 Å². The molecule has 0 N–H and O–H groups in total. The average Bonchev–Trinajstić information content (AvgIpc) is 2.87. The van der Waals surface area contributed by atoms with E-state index in [-0.39, 0.29) is 18.1 Å². The molecular formula is C12H8N4O3. The number of ketones is 1. The fourth-order valence-electron chi connectivity index (χ4n) is 1.52. The Kier molecular flexibility index (Phi) is 3.34. The minimum atomic E-state index is -0.622. The maximum Gasteiger partial charge on any atom is 0.381 e. The largest absolute Gasteiger partial charge is 0.381 e. The van der Waals surface area contributed by atoms with Gasteiger partial charge in [-0.15, -0.1) is 0 Å². The molecule has 1 aromatic heterocycles. The van der Waals surface area contributed by atoms with Gasteiger partial charge in [0.1, 0.15) is 6.20 Å². The van der Waals surface area contributed by atoms with Crippen LogP contribution in [0, 0.1) is 21.4 Å². The zero-order valence-electron chi connectivity index (χ0n) is 9.68. The molecule has 0 spiro atoms. The first kappa shape index (κ1) is 12.4. The van der Waals surface area contributed by atoms with Gasteiger partial charge in [0.25, 0.3) is 0 Å². The van der Waals surface area contributed by atoms with Crippen molar-refractivity contribution in [3.8, 4) is 6.07 Å². The first-order chi connectivity index (χ1) is 9.10. The van der Waals surface area contributed by atoms with Gasteiger partial charge in [0, 0.05) is 5.56 Å². The molecule has 2 aromatic rings. The molecule has 0 aliphatic heterocycles. The number of carbonyl (C=O) groups excluding carboxylic acids is 1. The van der Waals surface area contributed by atoms with Gasteiger partial charge >= 0.3 is 5.82 Å². The summed E-state index contributed by atoms with van der Waals surface area (Å²) in [7, 11) is 0. The summed E-state index contributed by atoms with van der Waals surface area (Å²) in [6.07, 6.45) is 2.43. The lowest BCUT2D eigenvalue weighted by molar-refractivity contribution is -0.389. The lowest BCUT2D eigenvalue weighted by atomic mass is 10.1. The van der Waals surface area contributed by atoms with E-state index in [2.05, 4.69) is 4.98 Å². The van der Waals surface area contributed by atoms with E-state index in [1.54, 1.807) is 24.3 Å². The topological polar surface area (TPSA) is 102 Å². The van der Waals surface area contributed by atoms with Gasteiger partial charge < -0.3 is 14.7 Å². The number of rotatable bonds is 4. The van der Waals surface area contributed by atoms with Crippen LogP contribution < -0.4 is 0 Å². The lowest BCUT2D eigenvalue weighted by Crippen LogP contribution is -2.08. The predicted molar refractivity (Wildman–Crippen MR) is 64.4 cm³/mol. The molecule has 0 atom stereocenters. The number of aromatic nitrogens is 2. The van der Waals surface area contributed by atoms with Gasteiger partial charge in [0.2, 0.25) is 6.33 Å². The SMILES string of the molecule is N#Cc1ccc(C(=O)Cn2cnc([N+](=O)[O-])c2)cc1. The molecule has 2 rings (SSSR count). The van der Waals surface area contributed by atoms with E-state index in [0.29, 0.717) is 11.1 Å². The summed E-state index contributed by atoms with van der Waals surface area (Å²) in [4.78, 5) is 25.3. The molecule has 0 fully saturated rings. The summed E-state index contributed by atoms with van der Waals surface area (Å²) in [5.41, 5.74) is 0.908. The molecule has 1 aromatic carbocycles. The van der Waals surface area contributed by atoms with Gasteiger partial charge in [-0.2, -0.15) is 5.26 Å². The van der Waals surface area contributed by atoms with Crippen molar-refractivity contribution >= 4 is 11.6 Å². The fourth-order valence-corrected chi connectivity index (χ4v) is 1.52. The van der Waals surface area contributed by atoms with Crippen LogP contribution in [0.15, 0.2) is 36.8 Å². The molecule has 0 bridgehead atoms. The van der Waals surface area contributed by atoms with Crippen molar-refractivity contribution < 1.29 is 9.72 Å². The van der Waals surface area contributed by atoms with E-state index in [1.165, 1.54) is 17.1 Å². The third-order valence-electron chi connectivity index (χ3n) is 2.47. The van der Waals surface area contributed by atoms with E-state index in [4.69, 9.17) is 5.26 Å². The summed E-state index contributed by atoms with van der Waals surface area (Å²) >= 11 is 0. The molecule has 0 saturated heterocycles. The maximum absolute atomic E-state index is 11.9. The minimum absolute atomic E-state index is 0.0350. The summed E-state index contributed by atoms with van der Waals surface area (Å²) in [5, 5.41) is 19.1. The quantitative estimate of drug-likeness (QED) is 0.469. The Morgan fingerprint density at radius 3 is 2.63 bits per heavy atom. The molecular weight excluding hydrogens is 248 g/mol. The predicted octanol–water partition coefficient (Wildman–Crippen LogP) is 1.55. The zero-order valence-corrected chi connectivity index (χ0v) is 9.68. The lowest BCUT2D eigenvalue weighted by Gasteiger charge is -2.00. The third kappa shape index (κ3) is 2.81.